The second-order valence-corrected chi connectivity index (χ2v) is 13.5. The van der Waals surface area contributed by atoms with Crippen LogP contribution >= 0.6 is 0 Å². The standard InChI is InChI=1S/C33H51N9O6/c1-17(2)14-24-30(45)40-27(19(5)6)32(47)41-26(18(3)4)31(46)39-25(15-20-16-36-22-11-8-7-10-21(20)22)29(44)37-23(28(43)38-24)12-9-13-42(48)33(34)35/h7-8,10-11,16-19,23-27,36,48H,9,12-15H2,1-6H3,(H3,34,35)(H,37,44)(H,38,43)(H,39,46)(H,40,45)(H,41,47). The summed E-state index contributed by atoms with van der Waals surface area (Å²) in [6.07, 6.45) is 2.21. The molecule has 0 saturated carbocycles. The number of benzene rings is 1. The number of nitrogens with one attached hydrogen (secondary N) is 7. The molecule has 0 bridgehead atoms. The number of nitrogens with zero attached hydrogens (tertiary/aromatic N) is 1. The van der Waals surface area contributed by atoms with Gasteiger partial charge in [-0.05, 0) is 48.6 Å². The number of hydrogen-bond acceptors (Lipinski definition) is 7. The van der Waals surface area contributed by atoms with Crippen molar-refractivity contribution in [2.75, 3.05) is 6.54 Å². The fraction of sp³-hybridized carbons (Fsp3) is 0.576. The number of guanidine groups is 1. The first-order chi connectivity index (χ1) is 22.6. The molecule has 264 valence electrons. The Labute approximate surface area is 281 Å². The molecule has 5 atom stereocenters. The van der Waals surface area contributed by atoms with Gasteiger partial charge in [0.05, 0.1) is 0 Å². The van der Waals surface area contributed by atoms with Crippen LogP contribution in [0.15, 0.2) is 30.5 Å². The van der Waals surface area contributed by atoms with Crippen LogP contribution in [0.3, 0.4) is 0 Å². The van der Waals surface area contributed by atoms with E-state index in [0.717, 1.165) is 16.5 Å². The number of aromatic nitrogens is 1. The number of aromatic amines is 1. The third kappa shape index (κ3) is 10.2. The molecule has 2 aromatic rings. The Kier molecular flexibility index (Phi) is 13.3. The summed E-state index contributed by atoms with van der Waals surface area (Å²) in [7, 11) is 0. The Morgan fingerprint density at radius 1 is 0.792 bits per heavy atom. The van der Waals surface area contributed by atoms with E-state index in [0.29, 0.717) is 5.06 Å². The normalized spacial score (nSPS) is 23.2. The largest absolute Gasteiger partial charge is 0.368 e. The molecule has 1 saturated heterocycles. The zero-order valence-electron chi connectivity index (χ0n) is 28.6. The Balaban J connectivity index is 2.07. The van der Waals surface area contributed by atoms with Crippen molar-refractivity contribution in [1.29, 1.82) is 5.41 Å². The minimum Gasteiger partial charge on any atom is -0.368 e. The lowest BCUT2D eigenvalue weighted by Gasteiger charge is -2.29. The number of rotatable bonds is 10. The predicted octanol–water partition coefficient (Wildman–Crippen LogP) is 0.871. The van der Waals surface area contributed by atoms with Crippen LogP contribution in [0.1, 0.15) is 66.4 Å². The van der Waals surface area contributed by atoms with E-state index < -0.39 is 65.7 Å². The molecule has 15 heteroatoms. The molecule has 10 N–H and O–H groups in total. The van der Waals surface area contributed by atoms with E-state index in [4.69, 9.17) is 11.1 Å². The summed E-state index contributed by atoms with van der Waals surface area (Å²) in [4.78, 5) is 72.0. The Morgan fingerprint density at radius 2 is 1.31 bits per heavy atom. The lowest BCUT2D eigenvalue weighted by molar-refractivity contribution is -0.135. The van der Waals surface area contributed by atoms with Gasteiger partial charge in [-0.25, -0.2) is 5.06 Å². The Bertz CT molecular complexity index is 1470. The average molecular weight is 670 g/mol. The maximum Gasteiger partial charge on any atom is 0.243 e. The molecule has 1 aliphatic heterocycles. The van der Waals surface area contributed by atoms with Gasteiger partial charge in [-0.2, -0.15) is 0 Å². The van der Waals surface area contributed by atoms with E-state index >= 15 is 0 Å². The number of nitrogens with two attached hydrogens (primary N) is 1. The lowest BCUT2D eigenvalue weighted by atomic mass is 9.97. The molecule has 0 spiro atoms. The van der Waals surface area contributed by atoms with Gasteiger partial charge in [-0.15, -0.1) is 0 Å². The van der Waals surface area contributed by atoms with E-state index in [-0.39, 0.29) is 50.0 Å². The zero-order chi connectivity index (χ0) is 35.7. The third-order valence-electron chi connectivity index (χ3n) is 8.34. The number of carbonyl (C=O) groups excluding carboxylic acids is 5. The van der Waals surface area contributed by atoms with Gasteiger partial charge in [0, 0.05) is 30.1 Å². The first-order valence-corrected chi connectivity index (χ1v) is 16.5. The predicted molar refractivity (Wildman–Crippen MR) is 180 cm³/mol. The molecule has 48 heavy (non-hydrogen) atoms. The first-order valence-electron chi connectivity index (χ1n) is 16.5. The Hall–Kier alpha value is -4.66. The second kappa shape index (κ2) is 16.9. The van der Waals surface area contributed by atoms with Gasteiger partial charge in [0.1, 0.15) is 30.2 Å². The van der Waals surface area contributed by atoms with Crippen molar-refractivity contribution in [2.45, 2.75) is 97.4 Å². The highest BCUT2D eigenvalue weighted by atomic mass is 16.5. The van der Waals surface area contributed by atoms with Crippen LogP contribution in [0.25, 0.3) is 10.9 Å². The fourth-order valence-corrected chi connectivity index (χ4v) is 5.64. The average Bonchev–Trinajstić information content (AvgIpc) is 3.42. The van der Waals surface area contributed by atoms with Gasteiger partial charge in [0.2, 0.25) is 35.5 Å². The van der Waals surface area contributed by atoms with Gasteiger partial charge >= 0.3 is 0 Å². The van der Waals surface area contributed by atoms with Gasteiger partial charge in [-0.1, -0.05) is 59.7 Å². The Morgan fingerprint density at radius 3 is 1.92 bits per heavy atom. The van der Waals surface area contributed by atoms with Crippen LogP contribution in [-0.2, 0) is 30.4 Å². The van der Waals surface area contributed by atoms with Gasteiger partial charge in [0.15, 0.2) is 0 Å². The monoisotopic (exact) mass is 669 g/mol. The summed E-state index contributed by atoms with van der Waals surface area (Å²) in [6, 6.07) is 2.08. The third-order valence-corrected chi connectivity index (χ3v) is 8.34. The van der Waals surface area contributed by atoms with Crippen LogP contribution in [0.4, 0.5) is 0 Å². The molecule has 1 fully saturated rings. The molecule has 0 aliphatic carbocycles. The number of carbonyl (C=O) groups is 5. The van der Waals surface area contributed by atoms with Crippen LogP contribution < -0.4 is 32.3 Å². The first kappa shape index (κ1) is 37.8. The van der Waals surface area contributed by atoms with Crippen molar-refractivity contribution in [3.63, 3.8) is 0 Å². The summed E-state index contributed by atoms with van der Waals surface area (Å²) >= 11 is 0. The molecule has 0 radical (unpaired) electrons. The van der Waals surface area contributed by atoms with Crippen LogP contribution in [0.5, 0.6) is 0 Å². The highest BCUT2D eigenvalue weighted by molar-refractivity contribution is 5.98. The van der Waals surface area contributed by atoms with Crippen molar-refractivity contribution >= 4 is 46.4 Å². The molecule has 2 heterocycles. The van der Waals surface area contributed by atoms with Gasteiger partial charge < -0.3 is 37.3 Å². The van der Waals surface area contributed by atoms with Crippen LogP contribution in [-0.4, -0.2) is 87.5 Å². The maximum absolute atomic E-state index is 14.0. The maximum atomic E-state index is 14.0. The summed E-state index contributed by atoms with van der Waals surface area (Å²) in [5.41, 5.74) is 6.93. The van der Waals surface area contributed by atoms with Crippen molar-refractivity contribution in [3.8, 4) is 0 Å². The van der Waals surface area contributed by atoms with E-state index in [9.17, 15) is 29.2 Å². The number of hydroxylamine groups is 2. The van der Waals surface area contributed by atoms with Crippen molar-refractivity contribution in [2.24, 2.45) is 23.5 Å². The van der Waals surface area contributed by atoms with E-state index in [1.54, 1.807) is 33.9 Å². The minimum absolute atomic E-state index is 0.00889. The molecule has 5 amide bonds. The minimum atomic E-state index is -1.19. The van der Waals surface area contributed by atoms with E-state index in [1.807, 2.05) is 38.1 Å². The lowest BCUT2D eigenvalue weighted by Crippen LogP contribution is -2.60. The van der Waals surface area contributed by atoms with Gasteiger partial charge in [0.25, 0.3) is 0 Å². The molecule has 1 aliphatic rings. The van der Waals surface area contributed by atoms with E-state index in [1.165, 1.54) is 0 Å². The number of amides is 5. The van der Waals surface area contributed by atoms with Gasteiger partial charge in [-0.3, -0.25) is 34.6 Å². The fourth-order valence-electron chi connectivity index (χ4n) is 5.64. The summed E-state index contributed by atoms with van der Waals surface area (Å²) in [6.45, 7) is 10.7. The quantitative estimate of drug-likeness (QED) is 0.0998. The molecule has 1 aromatic heterocycles. The van der Waals surface area contributed by atoms with Crippen molar-refractivity contribution < 1.29 is 29.2 Å². The highest BCUT2D eigenvalue weighted by Gasteiger charge is 2.36. The van der Waals surface area contributed by atoms with Crippen LogP contribution in [0, 0.1) is 23.2 Å². The second-order valence-electron chi connectivity index (χ2n) is 13.5. The molecule has 3 rings (SSSR count). The number of hydrogen-bond donors (Lipinski definition) is 9. The number of fused-ring (bicyclic) bond motifs is 1. The van der Waals surface area contributed by atoms with Crippen molar-refractivity contribution in [3.05, 3.63) is 36.0 Å². The molecular formula is C33H51N9O6. The molecular weight excluding hydrogens is 618 g/mol. The summed E-state index contributed by atoms with van der Waals surface area (Å²) in [5.74, 6) is -4.39. The summed E-state index contributed by atoms with van der Waals surface area (Å²) in [5, 5.41) is 32.6. The zero-order valence-corrected chi connectivity index (χ0v) is 28.6. The van der Waals surface area contributed by atoms with Crippen molar-refractivity contribution in [1.82, 2.24) is 36.6 Å². The SMILES string of the molecule is CC(C)CC1NC(=O)C(CCCN(O)C(=N)N)NC(=O)C(Cc2c[nH]c3ccccc23)NC(=O)C(C(C)C)NC(=O)C(C(C)C)NC1=O. The number of H-pyrrole nitrogens is 1. The molecule has 1 aromatic carbocycles. The molecule has 15 nitrogen and oxygen atoms in total. The van der Waals surface area contributed by atoms with E-state index in [2.05, 4.69) is 31.6 Å². The molecule has 5 unspecified atom stereocenters. The topological polar surface area (TPSA) is 235 Å². The summed E-state index contributed by atoms with van der Waals surface area (Å²) < 4.78 is 0. The smallest absolute Gasteiger partial charge is 0.243 e. The number of para-hydroxylation sites is 1. The highest BCUT2D eigenvalue weighted by Crippen LogP contribution is 2.20. The van der Waals surface area contributed by atoms with Crippen LogP contribution in [0.2, 0.25) is 0 Å².